The molecule has 0 amide bonds. The van der Waals surface area contributed by atoms with E-state index in [2.05, 4.69) is 12.6 Å². The van der Waals surface area contributed by atoms with E-state index < -0.39 is 5.97 Å². The fraction of sp³-hybridized carbons (Fsp3) is 0.100. The molecule has 0 bridgehead atoms. The topological polar surface area (TPSA) is 63.3 Å². The van der Waals surface area contributed by atoms with E-state index in [1.54, 1.807) is 0 Å². The number of hydrogen-bond acceptors (Lipinski definition) is 3. The average Bonchev–Trinajstić information content (AvgIpc) is 2.18. The molecule has 0 saturated heterocycles. The van der Waals surface area contributed by atoms with Gasteiger partial charge in [-0.25, -0.2) is 4.79 Å². The number of carbonyl (C=O) groups is 1. The fourth-order valence-corrected chi connectivity index (χ4v) is 1.12. The molecule has 0 fully saturated rings. The maximum Gasteiger partial charge on any atom is 0.343 e. The Balaban J connectivity index is 2.80. The molecule has 4 heteroatoms. The van der Waals surface area contributed by atoms with Crippen molar-refractivity contribution in [2.75, 3.05) is 0 Å². The Hall–Kier alpha value is -1.42. The lowest BCUT2D eigenvalue weighted by atomic mass is 10.1. The molecule has 0 aliphatic carbocycles. The lowest BCUT2D eigenvalue weighted by Gasteiger charge is -2.03. The van der Waals surface area contributed by atoms with Crippen molar-refractivity contribution < 1.29 is 9.90 Å². The van der Waals surface area contributed by atoms with Gasteiger partial charge in [-0.3, -0.25) is 0 Å². The molecule has 0 heterocycles. The SMILES string of the molecule is N/C(Cc1ccccc1)=C(\S)C(=O)O. The highest BCUT2D eigenvalue weighted by Gasteiger charge is 2.07. The molecule has 0 aliphatic rings. The summed E-state index contributed by atoms with van der Waals surface area (Å²) in [6, 6.07) is 9.41. The first-order valence-corrected chi connectivity index (χ1v) is 4.51. The summed E-state index contributed by atoms with van der Waals surface area (Å²) in [5.41, 5.74) is 6.81. The van der Waals surface area contributed by atoms with Gasteiger partial charge < -0.3 is 10.8 Å². The molecule has 3 nitrogen and oxygen atoms in total. The highest BCUT2D eigenvalue weighted by Crippen LogP contribution is 2.10. The van der Waals surface area contributed by atoms with Crippen LogP contribution in [-0.2, 0) is 11.2 Å². The monoisotopic (exact) mass is 209 g/mol. The van der Waals surface area contributed by atoms with Crippen LogP contribution in [0.2, 0.25) is 0 Å². The zero-order valence-corrected chi connectivity index (χ0v) is 8.37. The Morgan fingerprint density at radius 3 is 2.43 bits per heavy atom. The molecular formula is C10H11NO2S. The number of thiol groups is 1. The second-order valence-electron chi connectivity index (χ2n) is 2.84. The summed E-state index contributed by atoms with van der Waals surface area (Å²) in [5.74, 6) is -1.10. The lowest BCUT2D eigenvalue weighted by molar-refractivity contribution is -0.131. The Morgan fingerprint density at radius 1 is 1.36 bits per heavy atom. The number of carboxylic acids is 1. The second-order valence-corrected chi connectivity index (χ2v) is 3.29. The standard InChI is InChI=1S/C10H11NO2S/c11-8(9(14)10(12)13)6-7-4-2-1-3-5-7/h1-5,14H,6,11H2,(H,12,13)/b9-8-. The third kappa shape index (κ3) is 2.81. The van der Waals surface area contributed by atoms with Gasteiger partial charge in [0.05, 0.1) is 0 Å². The van der Waals surface area contributed by atoms with E-state index in [1.165, 1.54) is 0 Å². The number of hydrogen-bond donors (Lipinski definition) is 3. The highest BCUT2D eigenvalue weighted by atomic mass is 32.1. The maximum atomic E-state index is 10.5. The van der Waals surface area contributed by atoms with Crippen LogP contribution in [-0.4, -0.2) is 11.1 Å². The highest BCUT2D eigenvalue weighted by molar-refractivity contribution is 7.85. The Bertz CT molecular complexity index is 360. The fourth-order valence-electron chi connectivity index (χ4n) is 1.04. The zero-order chi connectivity index (χ0) is 10.6. The summed E-state index contributed by atoms with van der Waals surface area (Å²) >= 11 is 3.81. The Kier molecular flexibility index (Phi) is 3.59. The zero-order valence-electron chi connectivity index (χ0n) is 7.47. The van der Waals surface area contributed by atoms with Crippen LogP contribution in [0.25, 0.3) is 0 Å². The largest absolute Gasteiger partial charge is 0.477 e. The number of rotatable bonds is 3. The molecule has 0 atom stereocenters. The minimum atomic E-state index is -1.10. The first-order chi connectivity index (χ1) is 6.61. The molecule has 1 aromatic carbocycles. The lowest BCUT2D eigenvalue weighted by Crippen LogP contribution is -2.09. The van der Waals surface area contributed by atoms with Gasteiger partial charge in [0.1, 0.15) is 4.91 Å². The molecule has 1 rings (SSSR count). The van der Waals surface area contributed by atoms with Gasteiger partial charge in [0.25, 0.3) is 0 Å². The van der Waals surface area contributed by atoms with Crippen LogP contribution < -0.4 is 5.73 Å². The molecule has 3 N–H and O–H groups in total. The van der Waals surface area contributed by atoms with Crippen LogP contribution in [0.1, 0.15) is 5.56 Å². The van der Waals surface area contributed by atoms with E-state index >= 15 is 0 Å². The number of nitrogens with two attached hydrogens (primary N) is 1. The smallest absolute Gasteiger partial charge is 0.343 e. The van der Waals surface area contributed by atoms with Gasteiger partial charge in [0.2, 0.25) is 0 Å². The first kappa shape index (κ1) is 10.7. The van der Waals surface area contributed by atoms with E-state index in [0.717, 1.165) is 5.56 Å². The molecule has 0 spiro atoms. The number of carboxylic acid groups (broad SMARTS) is 1. The van der Waals surface area contributed by atoms with E-state index in [4.69, 9.17) is 10.8 Å². The van der Waals surface area contributed by atoms with Crippen molar-refractivity contribution in [1.29, 1.82) is 0 Å². The van der Waals surface area contributed by atoms with Crippen molar-refractivity contribution in [2.45, 2.75) is 6.42 Å². The quantitative estimate of drug-likeness (QED) is 0.521. The molecule has 14 heavy (non-hydrogen) atoms. The van der Waals surface area contributed by atoms with Crippen molar-refractivity contribution in [3.63, 3.8) is 0 Å². The van der Waals surface area contributed by atoms with Gasteiger partial charge in [-0.15, -0.1) is 12.6 Å². The molecule has 0 unspecified atom stereocenters. The summed E-state index contributed by atoms with van der Waals surface area (Å²) < 4.78 is 0. The van der Waals surface area contributed by atoms with E-state index in [1.807, 2.05) is 30.3 Å². The van der Waals surface area contributed by atoms with Gasteiger partial charge in [-0.05, 0) is 5.56 Å². The van der Waals surface area contributed by atoms with Crippen molar-refractivity contribution in [3.8, 4) is 0 Å². The summed E-state index contributed by atoms with van der Waals surface area (Å²) in [6.45, 7) is 0. The van der Waals surface area contributed by atoms with Gasteiger partial charge in [-0.2, -0.15) is 0 Å². The molecule has 0 aliphatic heterocycles. The summed E-state index contributed by atoms with van der Waals surface area (Å²) in [4.78, 5) is 10.4. The third-order valence-electron chi connectivity index (χ3n) is 1.74. The first-order valence-electron chi connectivity index (χ1n) is 4.06. The van der Waals surface area contributed by atoms with E-state index in [-0.39, 0.29) is 10.6 Å². The molecular weight excluding hydrogens is 198 g/mol. The third-order valence-corrected chi connectivity index (χ3v) is 2.22. The van der Waals surface area contributed by atoms with Crippen molar-refractivity contribution in [3.05, 3.63) is 46.5 Å². The Morgan fingerprint density at radius 2 is 1.93 bits per heavy atom. The van der Waals surface area contributed by atoms with Crippen molar-refractivity contribution in [1.82, 2.24) is 0 Å². The van der Waals surface area contributed by atoms with Crippen molar-refractivity contribution in [2.24, 2.45) is 5.73 Å². The van der Waals surface area contributed by atoms with Gasteiger partial charge in [0, 0.05) is 12.1 Å². The predicted molar refractivity (Wildman–Crippen MR) is 58.0 cm³/mol. The van der Waals surface area contributed by atoms with E-state index in [0.29, 0.717) is 6.42 Å². The van der Waals surface area contributed by atoms with Crippen LogP contribution in [0.5, 0.6) is 0 Å². The summed E-state index contributed by atoms with van der Waals surface area (Å²) in [6.07, 6.45) is 0.409. The van der Waals surface area contributed by atoms with Crippen molar-refractivity contribution >= 4 is 18.6 Å². The van der Waals surface area contributed by atoms with Gasteiger partial charge in [-0.1, -0.05) is 30.3 Å². The van der Waals surface area contributed by atoms with Gasteiger partial charge >= 0.3 is 5.97 Å². The number of benzene rings is 1. The second kappa shape index (κ2) is 4.72. The number of allylic oxidation sites excluding steroid dienone is 1. The van der Waals surface area contributed by atoms with Crippen LogP contribution in [0, 0.1) is 0 Å². The normalized spacial score (nSPS) is 12.1. The predicted octanol–water partition coefficient (Wildman–Crippen LogP) is 1.41. The molecule has 1 aromatic rings. The van der Waals surface area contributed by atoms with Crippen LogP contribution in [0.15, 0.2) is 40.9 Å². The molecule has 0 saturated carbocycles. The molecule has 0 radical (unpaired) electrons. The summed E-state index contributed by atoms with van der Waals surface area (Å²) in [7, 11) is 0. The minimum absolute atomic E-state index is 0.0890. The maximum absolute atomic E-state index is 10.5. The Labute approximate surface area is 87.7 Å². The van der Waals surface area contributed by atoms with Crippen LogP contribution >= 0.6 is 12.6 Å². The average molecular weight is 209 g/mol. The molecule has 74 valence electrons. The van der Waals surface area contributed by atoms with E-state index in [9.17, 15) is 4.79 Å². The summed E-state index contributed by atoms with van der Waals surface area (Å²) in [5, 5.41) is 8.62. The van der Waals surface area contributed by atoms with Gasteiger partial charge in [0.15, 0.2) is 0 Å². The minimum Gasteiger partial charge on any atom is -0.477 e. The number of aliphatic carboxylic acids is 1. The van der Waals surface area contributed by atoms with Crippen LogP contribution in [0.3, 0.4) is 0 Å². The molecule has 0 aromatic heterocycles. The van der Waals surface area contributed by atoms with Crippen LogP contribution in [0.4, 0.5) is 0 Å².